The first-order chi connectivity index (χ1) is 14.6. The number of hydrogen-bond acceptors (Lipinski definition) is 3. The summed E-state index contributed by atoms with van der Waals surface area (Å²) in [6.07, 6.45) is 4.12. The van der Waals surface area contributed by atoms with Gasteiger partial charge in [0.25, 0.3) is 0 Å². The lowest BCUT2D eigenvalue weighted by molar-refractivity contribution is -0.133. The van der Waals surface area contributed by atoms with E-state index in [1.165, 1.54) is 0 Å². The lowest BCUT2D eigenvalue weighted by Gasteiger charge is -2.32. The van der Waals surface area contributed by atoms with E-state index in [0.29, 0.717) is 23.8 Å². The number of rotatable bonds is 5. The molecule has 6 nitrogen and oxygen atoms in total. The molecule has 1 atom stereocenters. The van der Waals surface area contributed by atoms with Crippen LogP contribution in [0.15, 0.2) is 42.5 Å². The van der Waals surface area contributed by atoms with Crippen LogP contribution >= 0.6 is 11.6 Å². The minimum atomic E-state index is 0.205. The molecule has 5 rings (SSSR count). The average Bonchev–Trinajstić information content (AvgIpc) is 3.34. The number of halogens is 1. The van der Waals surface area contributed by atoms with Crippen molar-refractivity contribution in [1.82, 2.24) is 24.8 Å². The molecule has 2 aromatic heterocycles. The van der Waals surface area contributed by atoms with Gasteiger partial charge in [-0.1, -0.05) is 23.7 Å². The number of carbonyl (C=O) groups excluding carboxylic acids is 1. The molecule has 7 heteroatoms. The first kappa shape index (κ1) is 19.1. The number of aromatic nitrogens is 4. The van der Waals surface area contributed by atoms with Crippen LogP contribution < -0.4 is 0 Å². The van der Waals surface area contributed by atoms with Gasteiger partial charge in [0.15, 0.2) is 0 Å². The van der Waals surface area contributed by atoms with Gasteiger partial charge < -0.3 is 14.9 Å². The molecule has 1 aliphatic rings. The van der Waals surface area contributed by atoms with Crippen LogP contribution in [0.3, 0.4) is 0 Å². The van der Waals surface area contributed by atoms with Gasteiger partial charge in [0.2, 0.25) is 5.91 Å². The number of carbonyl (C=O) groups is 1. The molecule has 2 aromatic carbocycles. The molecule has 0 radical (unpaired) electrons. The average molecular weight is 422 g/mol. The van der Waals surface area contributed by atoms with Crippen molar-refractivity contribution in [3.8, 4) is 0 Å². The molecule has 0 bridgehead atoms. The van der Waals surface area contributed by atoms with Crippen molar-refractivity contribution in [3.05, 3.63) is 59.1 Å². The van der Waals surface area contributed by atoms with Crippen molar-refractivity contribution in [1.29, 1.82) is 0 Å². The first-order valence-electron chi connectivity index (χ1n) is 10.5. The first-order valence-corrected chi connectivity index (χ1v) is 10.9. The van der Waals surface area contributed by atoms with Gasteiger partial charge in [0, 0.05) is 37.4 Å². The Morgan fingerprint density at radius 1 is 1.07 bits per heavy atom. The highest BCUT2D eigenvalue weighted by atomic mass is 35.5. The van der Waals surface area contributed by atoms with Gasteiger partial charge in [-0.25, -0.2) is 9.97 Å². The number of imidazole rings is 2. The van der Waals surface area contributed by atoms with Crippen LogP contribution in [0, 0.1) is 5.92 Å². The van der Waals surface area contributed by atoms with Crippen molar-refractivity contribution in [2.75, 3.05) is 13.1 Å². The van der Waals surface area contributed by atoms with Crippen LogP contribution in [-0.2, 0) is 17.6 Å². The molecule has 0 saturated carbocycles. The summed E-state index contributed by atoms with van der Waals surface area (Å²) in [5.74, 6) is 2.47. The molecular formula is C23H24ClN5O. The van der Waals surface area contributed by atoms with E-state index in [2.05, 4.69) is 19.9 Å². The van der Waals surface area contributed by atoms with Crippen molar-refractivity contribution in [2.24, 2.45) is 5.92 Å². The normalized spacial score (nSPS) is 17.1. The van der Waals surface area contributed by atoms with Crippen molar-refractivity contribution in [3.63, 3.8) is 0 Å². The Labute approximate surface area is 179 Å². The summed E-state index contributed by atoms with van der Waals surface area (Å²) in [4.78, 5) is 30.8. The fourth-order valence-corrected chi connectivity index (χ4v) is 4.54. The maximum atomic E-state index is 12.8. The summed E-state index contributed by atoms with van der Waals surface area (Å²) in [6, 6.07) is 13.7. The monoisotopic (exact) mass is 421 g/mol. The SMILES string of the molecule is O=C(CCc1nc2ccccc2[nH]1)N1CCC[C@H](Cc2nc3ccc(Cl)cc3[nH]2)C1. The zero-order valence-corrected chi connectivity index (χ0v) is 17.5. The zero-order chi connectivity index (χ0) is 20.5. The summed E-state index contributed by atoms with van der Waals surface area (Å²) in [7, 11) is 0. The Morgan fingerprint density at radius 3 is 2.77 bits per heavy atom. The van der Waals surface area contributed by atoms with Gasteiger partial charge in [0.1, 0.15) is 11.6 Å². The second-order valence-corrected chi connectivity index (χ2v) is 8.53. The number of H-pyrrole nitrogens is 2. The largest absolute Gasteiger partial charge is 0.342 e. The number of aromatic amines is 2. The van der Waals surface area contributed by atoms with Gasteiger partial charge >= 0.3 is 0 Å². The minimum absolute atomic E-state index is 0.205. The molecule has 4 aromatic rings. The third-order valence-corrected chi connectivity index (χ3v) is 6.10. The van der Waals surface area contributed by atoms with Crippen molar-refractivity contribution >= 4 is 39.6 Å². The Hall–Kier alpha value is -2.86. The van der Waals surface area contributed by atoms with Crippen LogP contribution in [0.2, 0.25) is 5.02 Å². The molecule has 3 heterocycles. The summed E-state index contributed by atoms with van der Waals surface area (Å²) in [5.41, 5.74) is 3.87. The second kappa shape index (κ2) is 8.11. The van der Waals surface area contributed by atoms with Crippen LogP contribution in [0.5, 0.6) is 0 Å². The van der Waals surface area contributed by atoms with Crippen LogP contribution in [0.4, 0.5) is 0 Å². The number of para-hydroxylation sites is 2. The van der Waals surface area contributed by atoms with E-state index in [-0.39, 0.29) is 5.91 Å². The number of benzene rings is 2. The van der Waals surface area contributed by atoms with Gasteiger partial charge in [0.05, 0.1) is 22.1 Å². The summed E-state index contributed by atoms with van der Waals surface area (Å²) in [5, 5.41) is 0.705. The predicted molar refractivity (Wildman–Crippen MR) is 119 cm³/mol. The van der Waals surface area contributed by atoms with Crippen LogP contribution in [0.25, 0.3) is 22.1 Å². The van der Waals surface area contributed by atoms with E-state index in [0.717, 1.165) is 66.1 Å². The van der Waals surface area contributed by atoms with Crippen molar-refractivity contribution < 1.29 is 4.79 Å². The number of nitrogens with zero attached hydrogens (tertiary/aromatic N) is 3. The maximum absolute atomic E-state index is 12.8. The lowest BCUT2D eigenvalue weighted by atomic mass is 9.94. The van der Waals surface area contributed by atoms with E-state index in [1.54, 1.807) is 0 Å². The van der Waals surface area contributed by atoms with Gasteiger partial charge in [-0.05, 0) is 49.1 Å². The van der Waals surface area contributed by atoms with E-state index < -0.39 is 0 Å². The van der Waals surface area contributed by atoms with Gasteiger partial charge in [-0.2, -0.15) is 0 Å². The summed E-state index contributed by atoms with van der Waals surface area (Å²) >= 11 is 6.07. The molecule has 1 aliphatic heterocycles. The quantitative estimate of drug-likeness (QED) is 0.497. The minimum Gasteiger partial charge on any atom is -0.342 e. The standard InChI is InChI=1S/C23H24ClN5O/c24-16-7-8-19-20(13-16)28-22(27-19)12-15-4-3-11-29(14-15)23(30)10-9-21-25-17-5-1-2-6-18(17)26-21/h1-2,5-8,13,15H,3-4,9-12,14H2,(H,25,26)(H,27,28)/t15-/m1/s1. The highest BCUT2D eigenvalue weighted by molar-refractivity contribution is 6.31. The van der Waals surface area contributed by atoms with E-state index in [4.69, 9.17) is 11.6 Å². The highest BCUT2D eigenvalue weighted by Crippen LogP contribution is 2.23. The molecular weight excluding hydrogens is 398 g/mol. The lowest BCUT2D eigenvalue weighted by Crippen LogP contribution is -2.40. The summed E-state index contributed by atoms with van der Waals surface area (Å²) < 4.78 is 0. The smallest absolute Gasteiger partial charge is 0.223 e. The number of nitrogens with one attached hydrogen (secondary N) is 2. The zero-order valence-electron chi connectivity index (χ0n) is 16.7. The number of fused-ring (bicyclic) bond motifs is 2. The second-order valence-electron chi connectivity index (χ2n) is 8.10. The molecule has 1 amide bonds. The van der Waals surface area contributed by atoms with E-state index >= 15 is 0 Å². The fraction of sp³-hybridized carbons (Fsp3) is 0.348. The Bertz CT molecular complexity index is 1160. The molecule has 2 N–H and O–H groups in total. The summed E-state index contributed by atoms with van der Waals surface area (Å²) in [6.45, 7) is 1.63. The maximum Gasteiger partial charge on any atom is 0.223 e. The topological polar surface area (TPSA) is 77.7 Å². The molecule has 0 spiro atoms. The van der Waals surface area contributed by atoms with Crippen molar-refractivity contribution in [2.45, 2.75) is 32.1 Å². The molecule has 30 heavy (non-hydrogen) atoms. The fourth-order valence-electron chi connectivity index (χ4n) is 4.37. The van der Waals surface area contributed by atoms with E-state index in [9.17, 15) is 4.79 Å². The predicted octanol–water partition coefficient (Wildman–Crippen LogP) is 4.51. The van der Waals surface area contributed by atoms with Crippen LogP contribution in [-0.4, -0.2) is 43.8 Å². The third-order valence-electron chi connectivity index (χ3n) is 5.86. The number of amides is 1. The third kappa shape index (κ3) is 4.05. The Balaban J connectivity index is 1.19. The molecule has 1 saturated heterocycles. The molecule has 1 fully saturated rings. The number of hydrogen-bond donors (Lipinski definition) is 2. The van der Waals surface area contributed by atoms with Crippen LogP contribution in [0.1, 0.15) is 30.9 Å². The molecule has 154 valence electrons. The van der Waals surface area contributed by atoms with Gasteiger partial charge in [-0.3, -0.25) is 4.79 Å². The Kier molecular flexibility index (Phi) is 5.17. The molecule has 0 unspecified atom stereocenters. The number of piperidine rings is 1. The van der Waals surface area contributed by atoms with E-state index in [1.807, 2.05) is 47.4 Å². The van der Waals surface area contributed by atoms with Gasteiger partial charge in [-0.15, -0.1) is 0 Å². The highest BCUT2D eigenvalue weighted by Gasteiger charge is 2.24. The molecule has 0 aliphatic carbocycles. The number of likely N-dealkylation sites (tertiary alicyclic amines) is 1. The number of aryl methyl sites for hydroxylation is 1. The Morgan fingerprint density at radius 2 is 1.87 bits per heavy atom.